The second-order valence-corrected chi connectivity index (χ2v) is 19.2. The molecule has 2 atom stereocenters. The number of hydrogen-bond acceptors (Lipinski definition) is 5. The second-order valence-electron chi connectivity index (χ2n) is 13.7. The highest BCUT2D eigenvalue weighted by molar-refractivity contribution is 7.86. The lowest BCUT2D eigenvalue weighted by Crippen LogP contribution is -2.56. The first-order valence-corrected chi connectivity index (χ1v) is 21.4. The van der Waals surface area contributed by atoms with Gasteiger partial charge < -0.3 is 25.5 Å². The summed E-state index contributed by atoms with van der Waals surface area (Å²) in [7, 11) is -6.95. The first-order valence-electron chi connectivity index (χ1n) is 18.0. The van der Waals surface area contributed by atoms with E-state index in [0.29, 0.717) is 31.8 Å². The Balaban J connectivity index is 1.27. The maximum absolute atomic E-state index is 15.3. The van der Waals surface area contributed by atoms with E-state index in [4.69, 9.17) is 5.73 Å². The average molecular weight is 754 g/mol. The Bertz CT molecular complexity index is 2100. The van der Waals surface area contributed by atoms with E-state index in [-0.39, 0.29) is 11.1 Å². The van der Waals surface area contributed by atoms with Crippen LogP contribution < -0.4 is 48.2 Å². The lowest BCUT2D eigenvalue weighted by molar-refractivity contribution is 0.0919. The van der Waals surface area contributed by atoms with Gasteiger partial charge in [0.2, 0.25) is 0 Å². The Kier molecular flexibility index (Phi) is 11.6. The van der Waals surface area contributed by atoms with E-state index in [0.717, 1.165) is 11.1 Å². The molecule has 6 aromatic carbocycles. The Hall–Kier alpha value is -5.32. The molecule has 0 saturated carbocycles. The molecule has 9 heteroatoms. The molecule has 2 amide bonds. The van der Waals surface area contributed by atoms with Crippen LogP contribution in [0.25, 0.3) is 0 Å². The number of carbonyl (C=O) groups excluding carboxylic acids is 2. The lowest BCUT2D eigenvalue weighted by atomic mass is 10.0. The van der Waals surface area contributed by atoms with Crippen molar-refractivity contribution in [2.45, 2.75) is 45.8 Å². The molecule has 0 radical (unpaired) electrons. The quantitative estimate of drug-likeness (QED) is 0.136. The summed E-state index contributed by atoms with van der Waals surface area (Å²) in [6.07, 6.45) is 0. The number of carbonyl (C=O) groups is 2. The van der Waals surface area contributed by atoms with E-state index in [2.05, 4.69) is 10.6 Å². The largest absolute Gasteiger partial charge is 0.348 e. The van der Waals surface area contributed by atoms with Gasteiger partial charge in [-0.15, -0.1) is 0 Å². The minimum Gasteiger partial charge on any atom is -0.348 e. The van der Waals surface area contributed by atoms with Gasteiger partial charge in [-0.25, -0.2) is 0 Å². The Morgan fingerprint density at radius 2 is 0.759 bits per heavy atom. The van der Waals surface area contributed by atoms with E-state index >= 15 is 9.13 Å². The van der Waals surface area contributed by atoms with Crippen molar-refractivity contribution in [1.82, 2.24) is 10.6 Å². The molecular weight excluding hydrogens is 708 g/mol. The molecule has 0 aliphatic carbocycles. The zero-order valence-corrected chi connectivity index (χ0v) is 32.6. The van der Waals surface area contributed by atoms with Crippen LogP contribution in [-0.4, -0.2) is 29.9 Å². The summed E-state index contributed by atoms with van der Waals surface area (Å²) in [6, 6.07) is 45.7. The van der Waals surface area contributed by atoms with Gasteiger partial charge in [-0.1, -0.05) is 145 Å². The zero-order valence-electron chi connectivity index (χ0n) is 30.8. The summed E-state index contributed by atoms with van der Waals surface area (Å²) < 4.78 is 30.6. The first-order chi connectivity index (χ1) is 25.9. The molecule has 0 heterocycles. The van der Waals surface area contributed by atoms with Gasteiger partial charge in [-0.3, -0.25) is 9.59 Å². The lowest BCUT2D eigenvalue weighted by Gasteiger charge is -2.29. The highest BCUT2D eigenvalue weighted by Gasteiger charge is 2.36. The summed E-state index contributed by atoms with van der Waals surface area (Å²) in [5, 5.41) is 9.42. The molecule has 6 rings (SSSR count). The van der Waals surface area contributed by atoms with Crippen LogP contribution in [0.4, 0.5) is 0 Å². The van der Waals surface area contributed by atoms with Crippen molar-refractivity contribution in [3.8, 4) is 0 Å². The Morgan fingerprint density at radius 1 is 0.481 bits per heavy atom. The van der Waals surface area contributed by atoms with Crippen LogP contribution in [0, 0.1) is 13.8 Å². The zero-order chi connectivity index (χ0) is 38.5. The number of benzene rings is 6. The van der Waals surface area contributed by atoms with E-state index < -0.39 is 44.2 Å². The van der Waals surface area contributed by atoms with Crippen molar-refractivity contribution in [1.29, 1.82) is 0 Å². The maximum Gasteiger partial charge on any atom is 0.252 e. The average Bonchev–Trinajstić information content (AvgIpc) is 3.21. The van der Waals surface area contributed by atoms with Gasteiger partial charge in [0.1, 0.15) is 0 Å². The summed E-state index contributed by atoms with van der Waals surface area (Å²) in [5.41, 5.74) is 9.05. The van der Waals surface area contributed by atoms with E-state index in [1.54, 1.807) is 26.0 Å². The number of nitrogens with two attached hydrogens (primary N) is 1. The minimum absolute atomic E-state index is 0.286. The molecule has 0 fully saturated rings. The highest BCUT2D eigenvalue weighted by Crippen LogP contribution is 2.44. The number of rotatable bonds is 12. The molecule has 0 spiro atoms. The predicted molar refractivity (Wildman–Crippen MR) is 223 cm³/mol. The first kappa shape index (κ1) is 38.4. The number of hydrogen-bond donors (Lipinski definition) is 3. The molecule has 0 bridgehead atoms. The smallest absolute Gasteiger partial charge is 0.252 e. The van der Waals surface area contributed by atoms with Crippen molar-refractivity contribution in [2.75, 3.05) is 0 Å². The molecule has 0 saturated heterocycles. The molecule has 6 aromatic rings. The van der Waals surface area contributed by atoms with Crippen molar-refractivity contribution in [2.24, 2.45) is 5.73 Å². The van der Waals surface area contributed by atoms with Crippen molar-refractivity contribution in [3.05, 3.63) is 180 Å². The second kappa shape index (κ2) is 16.4. The van der Waals surface area contributed by atoms with Crippen LogP contribution in [0.15, 0.2) is 158 Å². The van der Waals surface area contributed by atoms with Crippen molar-refractivity contribution < 1.29 is 18.7 Å². The van der Waals surface area contributed by atoms with E-state index in [9.17, 15) is 9.59 Å². The third kappa shape index (κ3) is 7.67. The van der Waals surface area contributed by atoms with E-state index in [1.165, 1.54) is 0 Å². The molecule has 2 unspecified atom stereocenters. The summed E-state index contributed by atoms with van der Waals surface area (Å²) in [5.74, 6) is -0.850. The van der Waals surface area contributed by atoms with Gasteiger partial charge in [0.25, 0.3) is 11.8 Å². The number of amides is 2. The van der Waals surface area contributed by atoms with E-state index in [1.807, 2.05) is 159 Å². The molecule has 54 heavy (non-hydrogen) atoms. The monoisotopic (exact) mass is 753 g/mol. The topological polar surface area (TPSA) is 118 Å². The molecule has 4 N–H and O–H groups in total. The summed E-state index contributed by atoms with van der Waals surface area (Å²) in [6.45, 7) is 7.38. The molecule has 0 aromatic heterocycles. The van der Waals surface area contributed by atoms with Crippen LogP contribution in [0.3, 0.4) is 0 Å². The van der Waals surface area contributed by atoms with Crippen LogP contribution in [0.5, 0.6) is 0 Å². The van der Waals surface area contributed by atoms with Gasteiger partial charge in [0, 0.05) is 50.0 Å². The fraction of sp³-hybridized carbons (Fsp3) is 0.156. The maximum atomic E-state index is 15.3. The molecule has 7 nitrogen and oxygen atoms in total. The predicted octanol–water partition coefficient (Wildman–Crippen LogP) is 5.85. The summed E-state index contributed by atoms with van der Waals surface area (Å²) >= 11 is 0. The van der Waals surface area contributed by atoms with Crippen LogP contribution in [0.1, 0.15) is 45.7 Å². The van der Waals surface area contributed by atoms with Gasteiger partial charge in [-0.2, -0.15) is 0 Å². The Morgan fingerprint density at radius 3 is 1.04 bits per heavy atom. The normalized spacial score (nSPS) is 13.4. The van der Waals surface area contributed by atoms with Crippen LogP contribution >= 0.6 is 14.3 Å². The summed E-state index contributed by atoms with van der Waals surface area (Å²) in [4.78, 5) is 28.2. The van der Waals surface area contributed by atoms with Crippen molar-refractivity contribution in [3.63, 3.8) is 0 Å². The third-order valence-electron chi connectivity index (χ3n) is 9.83. The van der Waals surface area contributed by atoms with Gasteiger partial charge in [0.05, 0.1) is 11.1 Å². The van der Waals surface area contributed by atoms with Crippen molar-refractivity contribution >= 4 is 57.9 Å². The SMILES string of the molecule is Cc1ccc(C(=O)NC(C)C(N)C(C)NC(=O)c2ccc(C)cc2P(=O)(c2ccccc2)c2ccccc2)c(P(=O)(c2ccccc2)c2ccccc2)c1. The molecule has 0 aliphatic heterocycles. The van der Waals surface area contributed by atoms with Gasteiger partial charge >= 0.3 is 0 Å². The third-order valence-corrected chi connectivity index (χ3v) is 16.0. The van der Waals surface area contributed by atoms with Crippen LogP contribution in [0.2, 0.25) is 0 Å². The minimum atomic E-state index is -3.47. The molecule has 0 aliphatic rings. The highest BCUT2D eigenvalue weighted by atomic mass is 31.2. The molecule has 274 valence electrons. The van der Waals surface area contributed by atoms with Gasteiger partial charge in [-0.05, 0) is 52.0 Å². The number of aryl methyl sites for hydroxylation is 2. The number of nitrogens with one attached hydrogen (secondary N) is 2. The van der Waals surface area contributed by atoms with Crippen LogP contribution in [-0.2, 0) is 9.13 Å². The molecular formula is C45H45N3O4P2. The van der Waals surface area contributed by atoms with Gasteiger partial charge in [0.15, 0.2) is 14.3 Å². The fourth-order valence-electron chi connectivity index (χ4n) is 6.79. The Labute approximate surface area is 317 Å². The fourth-order valence-corrected chi connectivity index (χ4v) is 12.7. The standard InChI is InChI=1S/C45H45N3O4P2/c1-31-25-27-39(41(29-31)53(51,35-17-9-5-10-18-35)36-19-11-6-12-20-36)44(49)47-33(3)43(46)34(4)48-45(50)40-28-26-32(2)30-42(40)54(52,37-21-13-7-14-22-37)38-23-15-8-16-24-38/h5-30,33-34,43H,46H2,1-4H3,(H,47,49)(H,48,50).